The van der Waals surface area contributed by atoms with Crippen molar-refractivity contribution >= 4 is 5.82 Å². The molecule has 5 nitrogen and oxygen atoms in total. The van der Waals surface area contributed by atoms with E-state index in [1.807, 2.05) is 6.07 Å². The minimum absolute atomic E-state index is 0.0711. The maximum Gasteiger partial charge on any atom is 0.151 e. The van der Waals surface area contributed by atoms with Gasteiger partial charge in [0.2, 0.25) is 0 Å². The van der Waals surface area contributed by atoms with Gasteiger partial charge in [-0.25, -0.2) is 0 Å². The van der Waals surface area contributed by atoms with Crippen LogP contribution in [-0.4, -0.2) is 40.1 Å². The van der Waals surface area contributed by atoms with Crippen molar-refractivity contribution in [2.24, 2.45) is 0 Å². The summed E-state index contributed by atoms with van der Waals surface area (Å²) in [6.45, 7) is 7.75. The van der Waals surface area contributed by atoms with E-state index in [0.717, 1.165) is 18.9 Å². The van der Waals surface area contributed by atoms with Crippen LogP contribution in [-0.2, 0) is 11.3 Å². The van der Waals surface area contributed by atoms with Gasteiger partial charge in [0.1, 0.15) is 0 Å². The molecule has 0 amide bonds. The van der Waals surface area contributed by atoms with Crippen LogP contribution in [0, 0.1) is 0 Å². The maximum absolute atomic E-state index is 8.93. The first-order valence-electron chi connectivity index (χ1n) is 5.86. The van der Waals surface area contributed by atoms with E-state index in [1.165, 1.54) is 0 Å². The molecular weight excluding hydrogens is 218 g/mol. The number of aromatic nitrogens is 2. The summed E-state index contributed by atoms with van der Waals surface area (Å²) < 4.78 is 5.84. The molecule has 1 unspecified atom stereocenters. The van der Waals surface area contributed by atoms with Crippen LogP contribution in [0.25, 0.3) is 0 Å². The van der Waals surface area contributed by atoms with Crippen LogP contribution in [0.3, 0.4) is 0 Å². The zero-order valence-electron chi connectivity index (χ0n) is 10.6. The molecule has 1 atom stereocenters. The van der Waals surface area contributed by atoms with Crippen molar-refractivity contribution < 1.29 is 9.84 Å². The van der Waals surface area contributed by atoms with Gasteiger partial charge in [-0.1, -0.05) is 0 Å². The summed E-state index contributed by atoms with van der Waals surface area (Å²) >= 11 is 0. The molecule has 0 saturated carbocycles. The first-order valence-corrected chi connectivity index (χ1v) is 5.86. The van der Waals surface area contributed by atoms with Gasteiger partial charge in [-0.2, -0.15) is 5.10 Å². The van der Waals surface area contributed by atoms with Crippen molar-refractivity contribution in [2.45, 2.75) is 39.1 Å². The number of ether oxygens (including phenoxy) is 1. The Bertz CT molecular complexity index is 378. The third-order valence-corrected chi connectivity index (χ3v) is 2.76. The second kappa shape index (κ2) is 4.58. The van der Waals surface area contributed by atoms with Gasteiger partial charge in [-0.05, 0) is 32.9 Å². The summed E-state index contributed by atoms with van der Waals surface area (Å²) in [5.41, 5.74) is 0.420. The minimum Gasteiger partial charge on any atom is -0.390 e. The Hall–Kier alpha value is -1.20. The molecule has 1 saturated heterocycles. The smallest absolute Gasteiger partial charge is 0.151 e. The van der Waals surface area contributed by atoms with Gasteiger partial charge in [-0.15, -0.1) is 5.10 Å². The molecule has 0 bridgehead atoms. The van der Waals surface area contributed by atoms with Crippen molar-refractivity contribution in [3.8, 4) is 0 Å². The van der Waals surface area contributed by atoms with E-state index in [2.05, 4.69) is 35.9 Å². The number of aliphatic hydroxyl groups excluding tert-OH is 1. The fourth-order valence-electron chi connectivity index (χ4n) is 2.23. The Labute approximate surface area is 101 Å². The van der Waals surface area contributed by atoms with Crippen LogP contribution < -0.4 is 4.90 Å². The van der Waals surface area contributed by atoms with Crippen LogP contribution in [0.2, 0.25) is 0 Å². The number of anilines is 1. The van der Waals surface area contributed by atoms with Gasteiger partial charge < -0.3 is 14.7 Å². The van der Waals surface area contributed by atoms with Crippen LogP contribution >= 0.6 is 0 Å². The third-order valence-electron chi connectivity index (χ3n) is 2.76. The summed E-state index contributed by atoms with van der Waals surface area (Å²) in [6.07, 6.45) is 0.179. The summed E-state index contributed by atoms with van der Waals surface area (Å²) in [5.74, 6) is 0.838. The van der Waals surface area contributed by atoms with E-state index < -0.39 is 0 Å². The molecule has 0 aromatic carbocycles. The molecule has 1 aliphatic heterocycles. The first-order chi connectivity index (χ1) is 8.00. The molecule has 1 fully saturated rings. The summed E-state index contributed by atoms with van der Waals surface area (Å²) in [5, 5.41) is 17.0. The average Bonchev–Trinajstić information content (AvgIpc) is 2.26. The fraction of sp³-hybridized carbons (Fsp3) is 0.667. The Morgan fingerprint density at radius 3 is 2.76 bits per heavy atom. The Morgan fingerprint density at radius 1 is 1.47 bits per heavy atom. The molecule has 1 aromatic heterocycles. The quantitative estimate of drug-likeness (QED) is 0.830. The third kappa shape index (κ3) is 2.92. The molecular formula is C12H19N3O2. The van der Waals surface area contributed by atoms with Gasteiger partial charge in [0.25, 0.3) is 0 Å². The average molecular weight is 237 g/mol. The number of rotatable bonds is 2. The van der Waals surface area contributed by atoms with E-state index in [0.29, 0.717) is 5.69 Å². The van der Waals surface area contributed by atoms with E-state index in [-0.39, 0.29) is 18.3 Å². The predicted molar refractivity (Wildman–Crippen MR) is 64.8 cm³/mol. The highest BCUT2D eigenvalue weighted by Crippen LogP contribution is 2.24. The van der Waals surface area contributed by atoms with Crippen molar-refractivity contribution in [2.75, 3.05) is 18.0 Å². The van der Waals surface area contributed by atoms with Crippen LogP contribution in [0.15, 0.2) is 12.1 Å². The van der Waals surface area contributed by atoms with Crippen LogP contribution in [0.4, 0.5) is 5.82 Å². The lowest BCUT2D eigenvalue weighted by Crippen LogP contribution is -2.52. The normalized spacial score (nSPS) is 23.8. The second-order valence-corrected chi connectivity index (χ2v) is 5.11. The van der Waals surface area contributed by atoms with Crippen molar-refractivity contribution in [1.82, 2.24) is 10.2 Å². The molecule has 1 aliphatic rings. The number of morpholine rings is 1. The molecule has 17 heavy (non-hydrogen) atoms. The summed E-state index contributed by atoms with van der Waals surface area (Å²) in [4.78, 5) is 2.17. The topological polar surface area (TPSA) is 58.5 Å². The second-order valence-electron chi connectivity index (χ2n) is 5.11. The minimum atomic E-state index is -0.172. The van der Waals surface area contributed by atoms with Crippen LogP contribution in [0.1, 0.15) is 26.5 Å². The highest BCUT2D eigenvalue weighted by atomic mass is 16.5. The van der Waals surface area contributed by atoms with Crippen molar-refractivity contribution in [3.63, 3.8) is 0 Å². The molecule has 2 heterocycles. The highest BCUT2D eigenvalue weighted by molar-refractivity contribution is 5.38. The first kappa shape index (κ1) is 12.3. The predicted octanol–water partition coefficient (Wildman–Crippen LogP) is 0.973. The Balaban J connectivity index is 2.15. The SMILES string of the molecule is CC1CN(c2ccc(CO)nn2)CC(C)(C)O1. The Kier molecular flexibility index (Phi) is 3.31. The summed E-state index contributed by atoms with van der Waals surface area (Å²) in [7, 11) is 0. The van der Waals surface area contributed by atoms with Gasteiger partial charge in [0.05, 0.1) is 24.0 Å². The van der Waals surface area contributed by atoms with Gasteiger partial charge in [-0.3, -0.25) is 0 Å². The molecule has 94 valence electrons. The Morgan fingerprint density at radius 2 is 2.24 bits per heavy atom. The van der Waals surface area contributed by atoms with Crippen molar-refractivity contribution in [3.05, 3.63) is 17.8 Å². The molecule has 2 rings (SSSR count). The molecule has 0 radical (unpaired) electrons. The van der Waals surface area contributed by atoms with Gasteiger partial charge in [0.15, 0.2) is 5.82 Å². The molecule has 0 spiro atoms. The standard InChI is InChI=1S/C12H19N3O2/c1-9-6-15(8-12(2,3)17-9)11-5-4-10(7-16)13-14-11/h4-5,9,16H,6-8H2,1-3H3. The molecule has 1 aromatic rings. The van der Waals surface area contributed by atoms with Gasteiger partial charge >= 0.3 is 0 Å². The lowest BCUT2D eigenvalue weighted by Gasteiger charge is -2.42. The van der Waals surface area contributed by atoms with E-state index >= 15 is 0 Å². The molecule has 0 aliphatic carbocycles. The van der Waals surface area contributed by atoms with E-state index in [4.69, 9.17) is 9.84 Å². The highest BCUT2D eigenvalue weighted by Gasteiger charge is 2.31. The van der Waals surface area contributed by atoms with E-state index in [9.17, 15) is 0 Å². The lowest BCUT2D eigenvalue weighted by atomic mass is 10.1. The zero-order chi connectivity index (χ0) is 12.5. The van der Waals surface area contributed by atoms with E-state index in [1.54, 1.807) is 6.07 Å². The number of nitrogens with zero attached hydrogens (tertiary/aromatic N) is 3. The monoisotopic (exact) mass is 237 g/mol. The number of hydrogen-bond acceptors (Lipinski definition) is 5. The summed E-state index contributed by atoms with van der Waals surface area (Å²) in [6, 6.07) is 3.70. The maximum atomic E-state index is 8.93. The van der Waals surface area contributed by atoms with Crippen LogP contribution in [0.5, 0.6) is 0 Å². The lowest BCUT2D eigenvalue weighted by molar-refractivity contribution is -0.0752. The zero-order valence-corrected chi connectivity index (χ0v) is 10.6. The van der Waals surface area contributed by atoms with Gasteiger partial charge in [0, 0.05) is 13.1 Å². The van der Waals surface area contributed by atoms with Crippen molar-refractivity contribution in [1.29, 1.82) is 0 Å². The fourth-order valence-corrected chi connectivity index (χ4v) is 2.23. The largest absolute Gasteiger partial charge is 0.390 e. The number of aliphatic hydroxyl groups is 1. The molecule has 5 heteroatoms. The number of hydrogen-bond donors (Lipinski definition) is 1. The molecule has 1 N–H and O–H groups in total.